The van der Waals surface area contributed by atoms with Gasteiger partial charge in [-0.05, 0) is 18.9 Å². The van der Waals surface area contributed by atoms with Crippen LogP contribution in [0.2, 0.25) is 0 Å². The van der Waals surface area contributed by atoms with Crippen molar-refractivity contribution in [3.8, 4) is 0 Å². The predicted molar refractivity (Wildman–Crippen MR) is 85.4 cm³/mol. The molecule has 0 spiro atoms. The molecule has 21 heavy (non-hydrogen) atoms. The van der Waals surface area contributed by atoms with Crippen LogP contribution in [0.4, 0.5) is 0 Å². The summed E-state index contributed by atoms with van der Waals surface area (Å²) in [5.74, 6) is 0. The average Bonchev–Trinajstić information content (AvgIpc) is 2.51. The highest BCUT2D eigenvalue weighted by atomic mass is 16.5. The lowest BCUT2D eigenvalue weighted by molar-refractivity contribution is -0.00396. The summed E-state index contributed by atoms with van der Waals surface area (Å²) in [4.78, 5) is 0. The van der Waals surface area contributed by atoms with E-state index in [0.29, 0.717) is 25.8 Å². The highest BCUT2D eigenvalue weighted by molar-refractivity contribution is 5.16. The van der Waals surface area contributed by atoms with Crippen molar-refractivity contribution < 1.29 is 14.6 Å². The predicted octanol–water partition coefficient (Wildman–Crippen LogP) is 2.53. The third-order valence-corrected chi connectivity index (χ3v) is 3.45. The van der Waals surface area contributed by atoms with Gasteiger partial charge < -0.3 is 19.9 Å². The van der Waals surface area contributed by atoms with Gasteiger partial charge in [-0.15, -0.1) is 0 Å². The van der Waals surface area contributed by atoms with Crippen LogP contribution < -0.4 is 5.32 Å². The molecule has 0 fully saturated rings. The zero-order valence-corrected chi connectivity index (χ0v) is 13.4. The van der Waals surface area contributed by atoms with Crippen molar-refractivity contribution in [2.75, 3.05) is 26.9 Å². The van der Waals surface area contributed by atoms with E-state index in [1.807, 2.05) is 37.3 Å². The number of hydrogen-bond donors (Lipinski definition) is 2. The minimum atomic E-state index is -0.507. The lowest BCUT2D eigenvalue weighted by atomic mass is 10.1. The van der Waals surface area contributed by atoms with E-state index in [0.717, 1.165) is 18.4 Å². The Kier molecular flexibility index (Phi) is 9.26. The molecule has 0 amide bonds. The molecule has 0 aliphatic rings. The highest BCUT2D eigenvalue weighted by Gasteiger charge is 2.12. The van der Waals surface area contributed by atoms with Gasteiger partial charge in [0.25, 0.3) is 0 Å². The van der Waals surface area contributed by atoms with E-state index in [1.54, 1.807) is 7.11 Å². The van der Waals surface area contributed by atoms with Crippen LogP contribution >= 0.6 is 0 Å². The summed E-state index contributed by atoms with van der Waals surface area (Å²) in [6, 6.07) is 10.3. The Hall–Kier alpha value is -0.940. The van der Waals surface area contributed by atoms with E-state index >= 15 is 0 Å². The van der Waals surface area contributed by atoms with Gasteiger partial charge in [0.15, 0.2) is 0 Å². The molecule has 0 aliphatic carbocycles. The number of aliphatic hydroxyl groups excluding tert-OH is 1. The number of benzene rings is 1. The lowest BCUT2D eigenvalue weighted by Crippen LogP contribution is -2.40. The molecular weight excluding hydrogens is 266 g/mol. The van der Waals surface area contributed by atoms with Crippen molar-refractivity contribution in [3.05, 3.63) is 35.9 Å². The Balaban J connectivity index is 2.25. The molecule has 0 radical (unpaired) electrons. The molecular formula is C17H29NO3. The topological polar surface area (TPSA) is 50.7 Å². The summed E-state index contributed by atoms with van der Waals surface area (Å²) >= 11 is 0. The second-order valence-corrected chi connectivity index (χ2v) is 5.39. The van der Waals surface area contributed by atoms with Crippen LogP contribution in [0, 0.1) is 0 Å². The first-order valence-corrected chi connectivity index (χ1v) is 7.74. The Labute approximate surface area is 128 Å². The molecule has 4 heteroatoms. The highest BCUT2D eigenvalue weighted by Crippen LogP contribution is 2.15. The summed E-state index contributed by atoms with van der Waals surface area (Å²) in [6.45, 7) is 5.66. The Morgan fingerprint density at radius 3 is 2.52 bits per heavy atom. The van der Waals surface area contributed by atoms with Crippen molar-refractivity contribution in [1.29, 1.82) is 0 Å². The molecule has 0 saturated heterocycles. The molecule has 0 heterocycles. The first-order valence-electron chi connectivity index (χ1n) is 7.74. The Morgan fingerprint density at radius 1 is 1.19 bits per heavy atom. The Morgan fingerprint density at radius 2 is 1.90 bits per heavy atom. The molecule has 0 aromatic heterocycles. The quantitative estimate of drug-likeness (QED) is 0.659. The van der Waals surface area contributed by atoms with Gasteiger partial charge in [-0.3, -0.25) is 0 Å². The summed E-state index contributed by atoms with van der Waals surface area (Å²) in [5.41, 5.74) is 1.13. The van der Waals surface area contributed by atoms with E-state index in [-0.39, 0.29) is 6.10 Å². The number of aliphatic hydroxyl groups is 1. The van der Waals surface area contributed by atoms with Crippen LogP contribution in [-0.4, -0.2) is 44.1 Å². The van der Waals surface area contributed by atoms with Gasteiger partial charge in [0.05, 0.1) is 25.4 Å². The van der Waals surface area contributed by atoms with Crippen molar-refractivity contribution in [3.63, 3.8) is 0 Å². The molecule has 2 N–H and O–H groups in total. The molecule has 1 aromatic rings. The van der Waals surface area contributed by atoms with E-state index in [1.165, 1.54) is 0 Å². The van der Waals surface area contributed by atoms with Gasteiger partial charge in [0.1, 0.15) is 0 Å². The lowest BCUT2D eigenvalue weighted by Gasteiger charge is -2.21. The first kappa shape index (κ1) is 18.1. The van der Waals surface area contributed by atoms with Gasteiger partial charge in [0, 0.05) is 19.7 Å². The fraction of sp³-hybridized carbons (Fsp3) is 0.647. The van der Waals surface area contributed by atoms with Gasteiger partial charge >= 0.3 is 0 Å². The first-order chi connectivity index (χ1) is 10.2. The monoisotopic (exact) mass is 295 g/mol. The molecule has 1 aromatic carbocycles. The van der Waals surface area contributed by atoms with E-state index < -0.39 is 6.10 Å². The second-order valence-electron chi connectivity index (χ2n) is 5.39. The molecule has 3 unspecified atom stereocenters. The normalized spacial score (nSPS) is 15.6. The maximum Gasteiger partial charge on any atom is 0.0898 e. The average molecular weight is 295 g/mol. The SMILES string of the molecule is CCCC(COC)NCC(O)COC(C)c1ccccc1. The number of hydrogen-bond acceptors (Lipinski definition) is 4. The molecule has 0 saturated carbocycles. The molecule has 0 bridgehead atoms. The summed E-state index contributed by atoms with van der Waals surface area (Å²) in [7, 11) is 1.70. The fourth-order valence-electron chi connectivity index (χ4n) is 2.23. The van der Waals surface area contributed by atoms with Crippen molar-refractivity contribution in [2.45, 2.75) is 44.9 Å². The smallest absolute Gasteiger partial charge is 0.0898 e. The third-order valence-electron chi connectivity index (χ3n) is 3.45. The third kappa shape index (κ3) is 7.58. The van der Waals surface area contributed by atoms with Gasteiger partial charge in [-0.2, -0.15) is 0 Å². The largest absolute Gasteiger partial charge is 0.389 e. The zero-order chi connectivity index (χ0) is 15.5. The minimum absolute atomic E-state index is 0.00809. The van der Waals surface area contributed by atoms with Crippen LogP contribution in [-0.2, 0) is 9.47 Å². The maximum atomic E-state index is 10.0. The van der Waals surface area contributed by atoms with Crippen LogP contribution in [0.5, 0.6) is 0 Å². The van der Waals surface area contributed by atoms with Crippen molar-refractivity contribution in [2.24, 2.45) is 0 Å². The number of methoxy groups -OCH3 is 1. The van der Waals surface area contributed by atoms with Crippen LogP contribution in [0.1, 0.15) is 38.4 Å². The fourth-order valence-corrected chi connectivity index (χ4v) is 2.23. The number of nitrogens with one attached hydrogen (secondary N) is 1. The molecule has 3 atom stereocenters. The van der Waals surface area contributed by atoms with E-state index in [9.17, 15) is 5.11 Å². The summed E-state index contributed by atoms with van der Waals surface area (Å²) in [6.07, 6.45) is 1.62. The molecule has 0 aliphatic heterocycles. The standard InChI is InChI=1S/C17H29NO3/c1-4-8-16(12-20-3)18-11-17(19)13-21-14(2)15-9-6-5-7-10-15/h5-7,9-10,14,16-19H,4,8,11-13H2,1-3H3. The Bertz CT molecular complexity index is 352. The van der Waals surface area contributed by atoms with Crippen LogP contribution in [0.15, 0.2) is 30.3 Å². The summed E-state index contributed by atoms with van der Waals surface area (Å²) in [5, 5.41) is 13.3. The van der Waals surface area contributed by atoms with Gasteiger partial charge in [-0.25, -0.2) is 0 Å². The molecule has 120 valence electrons. The van der Waals surface area contributed by atoms with Crippen molar-refractivity contribution in [1.82, 2.24) is 5.32 Å². The second kappa shape index (κ2) is 10.7. The van der Waals surface area contributed by atoms with Crippen LogP contribution in [0.25, 0.3) is 0 Å². The minimum Gasteiger partial charge on any atom is -0.389 e. The van der Waals surface area contributed by atoms with Crippen LogP contribution in [0.3, 0.4) is 0 Å². The van der Waals surface area contributed by atoms with E-state index in [2.05, 4.69) is 12.2 Å². The van der Waals surface area contributed by atoms with E-state index in [4.69, 9.17) is 9.47 Å². The number of ether oxygens (including phenoxy) is 2. The number of rotatable bonds is 11. The molecule has 1 rings (SSSR count). The summed E-state index contributed by atoms with van der Waals surface area (Å²) < 4.78 is 10.9. The maximum absolute atomic E-state index is 10.0. The zero-order valence-electron chi connectivity index (χ0n) is 13.4. The van der Waals surface area contributed by atoms with Gasteiger partial charge in [0.2, 0.25) is 0 Å². The molecule has 4 nitrogen and oxygen atoms in total. The van der Waals surface area contributed by atoms with Crippen molar-refractivity contribution >= 4 is 0 Å². The van der Waals surface area contributed by atoms with Gasteiger partial charge in [-0.1, -0.05) is 43.7 Å².